The van der Waals surface area contributed by atoms with Crippen molar-refractivity contribution in [2.24, 2.45) is 0 Å². The zero-order chi connectivity index (χ0) is 13.0. The van der Waals surface area contributed by atoms with E-state index in [1.807, 2.05) is 0 Å². The minimum Gasteiger partial charge on any atom is -0.463 e. The van der Waals surface area contributed by atoms with Crippen LogP contribution in [0.3, 0.4) is 0 Å². The fourth-order valence-corrected chi connectivity index (χ4v) is 1.54. The Balaban J connectivity index is 2.04. The molecule has 6 heteroatoms. The Kier molecular flexibility index (Phi) is 3.84. The van der Waals surface area contributed by atoms with Gasteiger partial charge in [0, 0.05) is 12.1 Å². The lowest BCUT2D eigenvalue weighted by Crippen LogP contribution is -2.06. The molecular formula is C12H11ClN2O3. The summed E-state index contributed by atoms with van der Waals surface area (Å²) >= 11 is 5.68. The molecule has 0 aliphatic carbocycles. The zero-order valence-electron chi connectivity index (χ0n) is 9.64. The number of ether oxygens (including phenoxy) is 1. The molecule has 2 aromatic rings. The molecule has 1 N–H and O–H groups in total. The monoisotopic (exact) mass is 266 g/mol. The summed E-state index contributed by atoms with van der Waals surface area (Å²) in [6.07, 6.45) is 3.06. The van der Waals surface area contributed by atoms with Crippen molar-refractivity contribution in [1.82, 2.24) is 4.98 Å². The number of aromatic nitrogens is 1. The second kappa shape index (κ2) is 5.55. The van der Waals surface area contributed by atoms with Crippen LogP contribution in [0.5, 0.6) is 0 Å². The quantitative estimate of drug-likeness (QED) is 0.681. The first kappa shape index (κ1) is 12.4. The van der Waals surface area contributed by atoms with Gasteiger partial charge < -0.3 is 14.5 Å². The Bertz CT molecular complexity index is 537. The van der Waals surface area contributed by atoms with E-state index >= 15 is 0 Å². The highest BCUT2D eigenvalue weighted by molar-refractivity contribution is 6.29. The molecule has 2 rings (SSSR count). The smallest absolute Gasteiger partial charge is 0.374 e. The van der Waals surface area contributed by atoms with Crippen molar-refractivity contribution in [2.45, 2.75) is 6.54 Å². The van der Waals surface area contributed by atoms with Crippen LogP contribution in [0.2, 0.25) is 5.15 Å². The van der Waals surface area contributed by atoms with E-state index in [1.54, 1.807) is 24.4 Å². The van der Waals surface area contributed by atoms with Gasteiger partial charge in [-0.2, -0.15) is 0 Å². The first-order valence-electron chi connectivity index (χ1n) is 5.21. The first-order valence-corrected chi connectivity index (χ1v) is 5.58. The number of hydrogen-bond donors (Lipinski definition) is 1. The van der Waals surface area contributed by atoms with Crippen molar-refractivity contribution < 1.29 is 13.9 Å². The molecule has 0 saturated carbocycles. The van der Waals surface area contributed by atoms with E-state index in [4.69, 9.17) is 16.0 Å². The number of rotatable bonds is 4. The van der Waals surface area contributed by atoms with Gasteiger partial charge in [0.1, 0.15) is 5.15 Å². The molecular weight excluding hydrogens is 256 g/mol. The van der Waals surface area contributed by atoms with Gasteiger partial charge in [-0.25, -0.2) is 9.78 Å². The van der Waals surface area contributed by atoms with Crippen LogP contribution in [0.1, 0.15) is 16.1 Å². The number of esters is 1. The Morgan fingerprint density at radius 3 is 3.00 bits per heavy atom. The van der Waals surface area contributed by atoms with E-state index in [-0.39, 0.29) is 5.76 Å². The summed E-state index contributed by atoms with van der Waals surface area (Å²) in [7, 11) is 1.31. The fourth-order valence-electron chi connectivity index (χ4n) is 1.42. The fraction of sp³-hybridized carbons (Fsp3) is 0.167. The van der Waals surface area contributed by atoms with Gasteiger partial charge in [-0.3, -0.25) is 0 Å². The molecule has 0 saturated heterocycles. The number of furan rings is 1. The molecule has 2 aromatic heterocycles. The predicted molar refractivity (Wildman–Crippen MR) is 66.6 cm³/mol. The van der Waals surface area contributed by atoms with Gasteiger partial charge in [-0.05, 0) is 18.2 Å². The maximum Gasteiger partial charge on any atom is 0.374 e. The van der Waals surface area contributed by atoms with Gasteiger partial charge in [0.05, 0.1) is 25.3 Å². The number of carbonyl (C=O) groups is 1. The lowest BCUT2D eigenvalue weighted by Gasteiger charge is -2.05. The summed E-state index contributed by atoms with van der Waals surface area (Å²) in [4.78, 5) is 15.3. The number of pyridine rings is 1. The molecule has 0 aliphatic rings. The predicted octanol–water partition coefficient (Wildman–Crippen LogP) is 2.73. The molecule has 0 radical (unpaired) electrons. The van der Waals surface area contributed by atoms with E-state index in [2.05, 4.69) is 15.0 Å². The van der Waals surface area contributed by atoms with E-state index < -0.39 is 5.97 Å². The SMILES string of the molecule is COC(=O)c1occc1CNc1ccc(Cl)nc1. The summed E-state index contributed by atoms with van der Waals surface area (Å²) in [6.45, 7) is 0.435. The van der Waals surface area contributed by atoms with Crippen LogP contribution < -0.4 is 5.32 Å². The standard InChI is InChI=1S/C12H11ClN2O3/c1-17-12(16)11-8(4-5-18-11)6-14-9-2-3-10(13)15-7-9/h2-5,7,14H,6H2,1H3. The van der Waals surface area contributed by atoms with Crippen LogP contribution in [-0.2, 0) is 11.3 Å². The van der Waals surface area contributed by atoms with Crippen LogP contribution in [-0.4, -0.2) is 18.1 Å². The molecule has 0 amide bonds. The molecule has 0 bridgehead atoms. The second-order valence-corrected chi connectivity index (χ2v) is 3.88. The maximum absolute atomic E-state index is 11.4. The average Bonchev–Trinajstić information content (AvgIpc) is 2.85. The molecule has 94 valence electrons. The Morgan fingerprint density at radius 2 is 2.33 bits per heavy atom. The van der Waals surface area contributed by atoms with E-state index in [9.17, 15) is 4.79 Å². The third-order valence-electron chi connectivity index (χ3n) is 2.33. The molecule has 5 nitrogen and oxygen atoms in total. The lowest BCUT2D eigenvalue weighted by molar-refractivity contribution is 0.0563. The van der Waals surface area contributed by atoms with Crippen molar-refractivity contribution in [3.8, 4) is 0 Å². The molecule has 2 heterocycles. The summed E-state index contributed by atoms with van der Waals surface area (Å²) in [6, 6.07) is 5.19. The van der Waals surface area contributed by atoms with Crippen LogP contribution in [0.15, 0.2) is 35.1 Å². The third kappa shape index (κ3) is 2.81. The van der Waals surface area contributed by atoms with E-state index in [0.29, 0.717) is 11.7 Å². The van der Waals surface area contributed by atoms with Crippen molar-refractivity contribution in [1.29, 1.82) is 0 Å². The summed E-state index contributed by atoms with van der Waals surface area (Å²) in [5, 5.41) is 3.53. The Morgan fingerprint density at radius 1 is 1.50 bits per heavy atom. The molecule has 18 heavy (non-hydrogen) atoms. The van der Waals surface area contributed by atoms with Gasteiger partial charge in [0.15, 0.2) is 0 Å². The molecule has 0 fully saturated rings. The van der Waals surface area contributed by atoms with Crippen molar-refractivity contribution in [2.75, 3.05) is 12.4 Å². The normalized spacial score (nSPS) is 10.1. The molecule has 0 unspecified atom stereocenters. The minimum absolute atomic E-state index is 0.201. The van der Waals surface area contributed by atoms with Crippen LogP contribution in [0.4, 0.5) is 5.69 Å². The number of hydrogen-bond acceptors (Lipinski definition) is 5. The highest BCUT2D eigenvalue weighted by Crippen LogP contribution is 2.15. The molecule has 0 aromatic carbocycles. The zero-order valence-corrected chi connectivity index (χ0v) is 10.4. The lowest BCUT2D eigenvalue weighted by atomic mass is 10.2. The highest BCUT2D eigenvalue weighted by atomic mass is 35.5. The third-order valence-corrected chi connectivity index (χ3v) is 2.55. The van der Waals surface area contributed by atoms with Gasteiger partial charge in [-0.15, -0.1) is 0 Å². The Labute approximate surface area is 109 Å². The van der Waals surface area contributed by atoms with Gasteiger partial charge in [0.25, 0.3) is 0 Å². The van der Waals surface area contributed by atoms with Crippen molar-refractivity contribution in [3.05, 3.63) is 47.1 Å². The molecule has 0 atom stereocenters. The number of halogens is 1. The number of nitrogens with zero attached hydrogens (tertiary/aromatic N) is 1. The largest absolute Gasteiger partial charge is 0.463 e. The number of carbonyl (C=O) groups excluding carboxylic acids is 1. The van der Waals surface area contributed by atoms with Gasteiger partial charge >= 0.3 is 5.97 Å². The summed E-state index contributed by atoms with van der Waals surface area (Å²) in [5.74, 6) is -0.294. The van der Waals surface area contributed by atoms with Crippen molar-refractivity contribution >= 4 is 23.3 Å². The number of nitrogens with one attached hydrogen (secondary N) is 1. The topological polar surface area (TPSA) is 64.4 Å². The average molecular weight is 267 g/mol. The van der Waals surface area contributed by atoms with Crippen LogP contribution >= 0.6 is 11.6 Å². The highest BCUT2D eigenvalue weighted by Gasteiger charge is 2.15. The van der Waals surface area contributed by atoms with Gasteiger partial charge in [-0.1, -0.05) is 11.6 Å². The van der Waals surface area contributed by atoms with E-state index in [0.717, 1.165) is 11.3 Å². The van der Waals surface area contributed by atoms with Crippen LogP contribution in [0, 0.1) is 0 Å². The number of anilines is 1. The second-order valence-electron chi connectivity index (χ2n) is 3.49. The van der Waals surface area contributed by atoms with E-state index in [1.165, 1.54) is 13.4 Å². The molecule has 0 spiro atoms. The first-order chi connectivity index (χ1) is 8.70. The van der Waals surface area contributed by atoms with Crippen molar-refractivity contribution in [3.63, 3.8) is 0 Å². The summed E-state index contributed by atoms with van der Waals surface area (Å²) in [5.41, 5.74) is 1.52. The summed E-state index contributed by atoms with van der Waals surface area (Å²) < 4.78 is 9.69. The van der Waals surface area contributed by atoms with Gasteiger partial charge in [0.2, 0.25) is 5.76 Å². The Hall–Kier alpha value is -2.01. The minimum atomic E-state index is -0.494. The van der Waals surface area contributed by atoms with Crippen LogP contribution in [0.25, 0.3) is 0 Å². The molecule has 0 aliphatic heterocycles. The maximum atomic E-state index is 11.4. The number of methoxy groups -OCH3 is 1.